The largest absolute Gasteiger partial charge is 0.494 e. The van der Waals surface area contributed by atoms with Crippen molar-refractivity contribution in [1.29, 1.82) is 0 Å². The van der Waals surface area contributed by atoms with Gasteiger partial charge in [-0.2, -0.15) is 0 Å². The molecular formula is C18H25Cl2FN4O2S. The summed E-state index contributed by atoms with van der Waals surface area (Å²) in [6.45, 7) is 3.97. The van der Waals surface area contributed by atoms with E-state index in [1.807, 2.05) is 11.0 Å². The molecule has 10 heteroatoms. The van der Waals surface area contributed by atoms with Crippen molar-refractivity contribution in [3.8, 4) is 5.75 Å². The van der Waals surface area contributed by atoms with Gasteiger partial charge in [0, 0.05) is 44.5 Å². The van der Waals surface area contributed by atoms with Crippen LogP contribution in [0, 0.1) is 5.82 Å². The molecule has 6 nitrogen and oxygen atoms in total. The van der Waals surface area contributed by atoms with E-state index >= 15 is 0 Å². The first-order valence-corrected chi connectivity index (χ1v) is 9.47. The first-order chi connectivity index (χ1) is 12.6. The maximum atomic E-state index is 13.8. The minimum Gasteiger partial charge on any atom is -0.494 e. The predicted molar refractivity (Wildman–Crippen MR) is 114 cm³/mol. The van der Waals surface area contributed by atoms with Crippen molar-refractivity contribution in [2.45, 2.75) is 13.0 Å². The second kappa shape index (κ2) is 11.5. The van der Waals surface area contributed by atoms with E-state index < -0.39 is 0 Å². The van der Waals surface area contributed by atoms with E-state index in [1.165, 1.54) is 24.5 Å². The lowest BCUT2D eigenvalue weighted by atomic mass is 10.1. The second-order valence-corrected chi connectivity index (χ2v) is 7.15. The zero-order chi connectivity index (χ0) is 18.5. The lowest BCUT2D eigenvalue weighted by Crippen LogP contribution is -2.48. The number of ether oxygens (including phenoxy) is 1. The molecule has 1 aromatic heterocycles. The van der Waals surface area contributed by atoms with E-state index in [9.17, 15) is 9.18 Å². The Kier molecular flexibility index (Phi) is 10.1. The zero-order valence-corrected chi connectivity index (χ0v) is 18.0. The number of nitrogens with zero attached hydrogens (tertiary/aromatic N) is 3. The summed E-state index contributed by atoms with van der Waals surface area (Å²) < 4.78 is 18.8. The molecule has 1 fully saturated rings. The highest BCUT2D eigenvalue weighted by atomic mass is 35.5. The molecule has 0 spiro atoms. The maximum absolute atomic E-state index is 13.8. The Labute approximate surface area is 180 Å². The van der Waals surface area contributed by atoms with Gasteiger partial charge in [-0.3, -0.25) is 9.69 Å². The van der Waals surface area contributed by atoms with Gasteiger partial charge in [-0.15, -0.1) is 36.2 Å². The average Bonchev–Trinajstić information content (AvgIpc) is 3.11. The third-order valence-electron chi connectivity index (χ3n) is 4.41. The van der Waals surface area contributed by atoms with Crippen LogP contribution in [0.1, 0.15) is 21.1 Å². The van der Waals surface area contributed by atoms with Gasteiger partial charge in [0.1, 0.15) is 5.69 Å². The first kappa shape index (κ1) is 24.6. The lowest BCUT2D eigenvalue weighted by Gasteiger charge is -2.34. The molecule has 3 rings (SSSR count). The molecule has 156 valence electrons. The third-order valence-corrected chi connectivity index (χ3v) is 5.32. The number of carbonyl (C=O) groups excluding carboxylic acids is 1. The summed E-state index contributed by atoms with van der Waals surface area (Å²) >= 11 is 1.48. The van der Waals surface area contributed by atoms with Gasteiger partial charge in [-0.1, -0.05) is 6.07 Å². The van der Waals surface area contributed by atoms with Crippen LogP contribution in [-0.2, 0) is 13.0 Å². The van der Waals surface area contributed by atoms with Gasteiger partial charge < -0.3 is 15.4 Å². The first-order valence-electron chi connectivity index (χ1n) is 8.59. The van der Waals surface area contributed by atoms with Gasteiger partial charge in [-0.25, -0.2) is 9.37 Å². The monoisotopic (exact) mass is 450 g/mol. The highest BCUT2D eigenvalue weighted by Crippen LogP contribution is 2.19. The fraction of sp³-hybridized carbons (Fsp3) is 0.444. The molecule has 1 aliphatic heterocycles. The van der Waals surface area contributed by atoms with Crippen molar-refractivity contribution < 1.29 is 13.9 Å². The smallest absolute Gasteiger partial charge is 0.273 e. The van der Waals surface area contributed by atoms with Gasteiger partial charge in [0.05, 0.1) is 12.1 Å². The molecule has 28 heavy (non-hydrogen) atoms. The van der Waals surface area contributed by atoms with Crippen LogP contribution in [0.5, 0.6) is 5.75 Å². The molecule has 2 aromatic rings. The highest BCUT2D eigenvalue weighted by molar-refractivity contribution is 7.09. The average molecular weight is 451 g/mol. The Balaban J connectivity index is 0.00000196. The summed E-state index contributed by atoms with van der Waals surface area (Å²) in [6.07, 6.45) is 0.699. The number of hydrogen-bond acceptors (Lipinski definition) is 6. The number of rotatable bonds is 6. The van der Waals surface area contributed by atoms with Gasteiger partial charge >= 0.3 is 0 Å². The van der Waals surface area contributed by atoms with E-state index in [1.54, 1.807) is 11.4 Å². The number of piperazine rings is 1. The molecule has 1 aliphatic rings. The number of aromatic nitrogens is 1. The Morgan fingerprint density at radius 1 is 1.29 bits per heavy atom. The normalized spacial score (nSPS) is 14.2. The van der Waals surface area contributed by atoms with Crippen LogP contribution >= 0.6 is 36.2 Å². The SMILES string of the molecule is COc1ccc(CN2CCN(C(=O)c3csc(CCN)n3)CC2)cc1F.Cl.Cl. The lowest BCUT2D eigenvalue weighted by molar-refractivity contribution is 0.0623. The molecule has 0 saturated carbocycles. The Bertz CT molecular complexity index is 770. The summed E-state index contributed by atoms with van der Waals surface area (Å²) in [7, 11) is 1.45. The molecule has 1 aromatic carbocycles. The van der Waals surface area contributed by atoms with Crippen molar-refractivity contribution in [3.63, 3.8) is 0 Å². The maximum Gasteiger partial charge on any atom is 0.273 e. The summed E-state index contributed by atoms with van der Waals surface area (Å²) in [5.41, 5.74) is 6.93. The van der Waals surface area contributed by atoms with E-state index in [-0.39, 0.29) is 42.3 Å². The fourth-order valence-electron chi connectivity index (χ4n) is 2.98. The number of halogens is 3. The van der Waals surface area contributed by atoms with E-state index in [4.69, 9.17) is 10.5 Å². The van der Waals surface area contributed by atoms with Crippen LogP contribution in [0.25, 0.3) is 0 Å². The number of hydrogen-bond donors (Lipinski definition) is 1. The van der Waals surface area contributed by atoms with E-state index in [2.05, 4.69) is 9.88 Å². The standard InChI is InChI=1S/C18H23FN4O2S.2ClH/c1-25-16-3-2-13(10-14(16)19)11-22-6-8-23(9-7-22)18(24)15-12-26-17(21-15)4-5-20;;/h2-3,10,12H,4-9,11,20H2,1H3;2*1H. The van der Waals surface area contributed by atoms with Crippen molar-refractivity contribution in [3.05, 3.63) is 45.7 Å². The molecule has 1 saturated heterocycles. The van der Waals surface area contributed by atoms with Gasteiger partial charge in [0.2, 0.25) is 0 Å². The summed E-state index contributed by atoms with van der Waals surface area (Å²) in [5, 5.41) is 2.70. The topological polar surface area (TPSA) is 71.7 Å². The molecule has 1 amide bonds. The third kappa shape index (κ3) is 6.02. The van der Waals surface area contributed by atoms with Crippen LogP contribution in [-0.4, -0.2) is 60.5 Å². The summed E-state index contributed by atoms with van der Waals surface area (Å²) in [6, 6.07) is 5.02. The zero-order valence-electron chi connectivity index (χ0n) is 15.6. The minimum atomic E-state index is -0.351. The number of carbonyl (C=O) groups is 1. The van der Waals surface area contributed by atoms with Crippen LogP contribution in [0.3, 0.4) is 0 Å². The molecule has 2 heterocycles. The minimum absolute atomic E-state index is 0. The number of amides is 1. The van der Waals surface area contributed by atoms with Crippen LogP contribution in [0.2, 0.25) is 0 Å². The van der Waals surface area contributed by atoms with Gasteiger partial charge in [0.15, 0.2) is 11.6 Å². The quantitative estimate of drug-likeness (QED) is 0.731. The fourth-order valence-corrected chi connectivity index (χ4v) is 3.77. The molecule has 0 aliphatic carbocycles. The summed E-state index contributed by atoms with van der Waals surface area (Å²) in [5.74, 6) is -0.128. The molecule has 2 N–H and O–H groups in total. The Hall–Kier alpha value is -1.45. The Morgan fingerprint density at radius 3 is 2.61 bits per heavy atom. The predicted octanol–water partition coefficient (Wildman–Crippen LogP) is 2.59. The number of methoxy groups -OCH3 is 1. The van der Waals surface area contributed by atoms with Gasteiger partial charge in [0.25, 0.3) is 5.91 Å². The molecule has 0 unspecified atom stereocenters. The molecule has 0 bridgehead atoms. The van der Waals surface area contributed by atoms with Crippen LogP contribution < -0.4 is 10.5 Å². The van der Waals surface area contributed by atoms with Crippen molar-refractivity contribution in [1.82, 2.24) is 14.8 Å². The van der Waals surface area contributed by atoms with Crippen LogP contribution in [0.4, 0.5) is 4.39 Å². The molecular weight excluding hydrogens is 426 g/mol. The van der Waals surface area contributed by atoms with Crippen molar-refractivity contribution in [2.24, 2.45) is 5.73 Å². The van der Waals surface area contributed by atoms with E-state index in [0.29, 0.717) is 38.3 Å². The number of benzene rings is 1. The van der Waals surface area contributed by atoms with Crippen molar-refractivity contribution >= 4 is 42.1 Å². The van der Waals surface area contributed by atoms with Crippen molar-refractivity contribution in [2.75, 3.05) is 39.8 Å². The van der Waals surface area contributed by atoms with Crippen LogP contribution in [0.15, 0.2) is 23.6 Å². The second-order valence-electron chi connectivity index (χ2n) is 6.20. The number of nitrogens with two attached hydrogens (primary N) is 1. The molecule has 0 radical (unpaired) electrons. The van der Waals surface area contributed by atoms with Gasteiger partial charge in [-0.05, 0) is 24.2 Å². The highest BCUT2D eigenvalue weighted by Gasteiger charge is 2.24. The summed E-state index contributed by atoms with van der Waals surface area (Å²) in [4.78, 5) is 21.0. The number of thiazole rings is 1. The molecule has 0 atom stereocenters. The Morgan fingerprint density at radius 2 is 2.00 bits per heavy atom. The van der Waals surface area contributed by atoms with E-state index in [0.717, 1.165) is 23.7 Å².